The zero-order valence-electron chi connectivity index (χ0n) is 17.4. The molecule has 1 amide bonds. The van der Waals surface area contributed by atoms with Crippen LogP contribution in [0.1, 0.15) is 29.5 Å². The molecule has 5 nitrogen and oxygen atoms in total. The molecule has 160 valence electrons. The molecule has 0 atom stereocenters. The molecule has 3 aromatic carbocycles. The van der Waals surface area contributed by atoms with Crippen LogP contribution in [0.25, 0.3) is 0 Å². The first kappa shape index (κ1) is 20.9. The summed E-state index contributed by atoms with van der Waals surface area (Å²) in [7, 11) is 0. The molecule has 1 heterocycles. The van der Waals surface area contributed by atoms with Crippen molar-refractivity contribution in [3.8, 4) is 5.75 Å². The number of carbonyl (C=O) groups is 1. The second-order valence-electron chi connectivity index (χ2n) is 7.86. The van der Waals surface area contributed by atoms with Crippen molar-refractivity contribution in [2.24, 2.45) is 0 Å². The Morgan fingerprint density at radius 3 is 2.10 bits per heavy atom. The summed E-state index contributed by atoms with van der Waals surface area (Å²) >= 11 is 0. The molecular weight excluding hydrogens is 390 g/mol. The first-order valence-corrected chi connectivity index (χ1v) is 10.6. The third-order valence-corrected chi connectivity index (χ3v) is 5.67. The Bertz CT molecular complexity index is 983. The maximum atomic E-state index is 12.4. The van der Waals surface area contributed by atoms with E-state index in [2.05, 4.69) is 0 Å². The van der Waals surface area contributed by atoms with Crippen LogP contribution in [0.5, 0.6) is 5.75 Å². The highest BCUT2D eigenvalue weighted by atomic mass is 16.6. The third-order valence-electron chi connectivity index (χ3n) is 5.67. The van der Waals surface area contributed by atoms with Crippen LogP contribution in [0.2, 0.25) is 0 Å². The molecule has 3 aromatic rings. The first-order valence-electron chi connectivity index (χ1n) is 10.6. The van der Waals surface area contributed by atoms with Crippen molar-refractivity contribution in [2.45, 2.75) is 31.7 Å². The SMILES string of the molecule is O=C(OCc1ccccc1)N1CCC(O)(c2cccc(OCc3ccccc3)c2)CC1. The number of benzene rings is 3. The van der Waals surface area contributed by atoms with Crippen LogP contribution in [-0.4, -0.2) is 29.2 Å². The van der Waals surface area contributed by atoms with Gasteiger partial charge in [0.05, 0.1) is 5.60 Å². The molecule has 1 fully saturated rings. The van der Waals surface area contributed by atoms with Crippen LogP contribution in [0, 0.1) is 0 Å². The van der Waals surface area contributed by atoms with E-state index >= 15 is 0 Å². The zero-order valence-corrected chi connectivity index (χ0v) is 17.4. The molecular formula is C26H27NO4. The van der Waals surface area contributed by atoms with Gasteiger partial charge in [-0.2, -0.15) is 0 Å². The quantitative estimate of drug-likeness (QED) is 0.621. The summed E-state index contributed by atoms with van der Waals surface area (Å²) in [6.45, 7) is 1.61. The van der Waals surface area contributed by atoms with Gasteiger partial charge in [-0.05, 0) is 41.7 Å². The van der Waals surface area contributed by atoms with Gasteiger partial charge in [-0.15, -0.1) is 0 Å². The van der Waals surface area contributed by atoms with E-state index in [0.29, 0.717) is 32.5 Å². The predicted molar refractivity (Wildman–Crippen MR) is 119 cm³/mol. The Kier molecular flexibility index (Phi) is 6.53. The largest absolute Gasteiger partial charge is 0.489 e. The van der Waals surface area contributed by atoms with Gasteiger partial charge in [0.25, 0.3) is 0 Å². The van der Waals surface area contributed by atoms with E-state index < -0.39 is 5.60 Å². The normalized spacial score (nSPS) is 15.3. The van der Waals surface area contributed by atoms with Gasteiger partial charge >= 0.3 is 6.09 Å². The Morgan fingerprint density at radius 1 is 0.839 bits per heavy atom. The molecule has 0 bridgehead atoms. The lowest BCUT2D eigenvalue weighted by Crippen LogP contribution is -2.45. The molecule has 4 rings (SSSR count). The third kappa shape index (κ3) is 5.44. The van der Waals surface area contributed by atoms with Gasteiger partial charge in [0, 0.05) is 13.1 Å². The molecule has 5 heteroatoms. The monoisotopic (exact) mass is 417 g/mol. The van der Waals surface area contributed by atoms with E-state index in [9.17, 15) is 9.90 Å². The van der Waals surface area contributed by atoms with E-state index in [-0.39, 0.29) is 12.7 Å². The van der Waals surface area contributed by atoms with E-state index in [1.54, 1.807) is 4.90 Å². The summed E-state index contributed by atoms with van der Waals surface area (Å²) in [4.78, 5) is 14.1. The Morgan fingerprint density at radius 2 is 1.45 bits per heavy atom. The van der Waals surface area contributed by atoms with Gasteiger partial charge in [-0.1, -0.05) is 72.8 Å². The Labute approximate surface area is 182 Å². The van der Waals surface area contributed by atoms with Crippen molar-refractivity contribution >= 4 is 6.09 Å². The second-order valence-corrected chi connectivity index (χ2v) is 7.86. The number of hydrogen-bond acceptors (Lipinski definition) is 4. The predicted octanol–water partition coefficient (Wildman–Crippen LogP) is 4.89. The lowest BCUT2D eigenvalue weighted by molar-refractivity contribution is -0.0256. The van der Waals surface area contributed by atoms with Gasteiger partial charge in [-0.25, -0.2) is 4.79 Å². The number of hydrogen-bond donors (Lipinski definition) is 1. The minimum Gasteiger partial charge on any atom is -0.489 e. The minimum absolute atomic E-state index is 0.251. The first-order chi connectivity index (χ1) is 15.1. The summed E-state index contributed by atoms with van der Waals surface area (Å²) in [6, 6.07) is 27.2. The molecule has 1 aliphatic rings. The molecule has 0 aromatic heterocycles. The number of aliphatic hydroxyl groups is 1. The summed E-state index contributed by atoms with van der Waals surface area (Å²) in [6.07, 6.45) is 0.566. The fraction of sp³-hybridized carbons (Fsp3) is 0.269. The molecule has 0 saturated carbocycles. The number of carbonyl (C=O) groups excluding carboxylic acids is 1. The van der Waals surface area contributed by atoms with Crippen LogP contribution in [0.3, 0.4) is 0 Å². The lowest BCUT2D eigenvalue weighted by atomic mass is 9.84. The highest BCUT2D eigenvalue weighted by molar-refractivity contribution is 5.67. The average Bonchev–Trinajstić information content (AvgIpc) is 2.83. The Hall–Kier alpha value is -3.31. The van der Waals surface area contributed by atoms with Crippen molar-refractivity contribution in [3.05, 3.63) is 102 Å². The van der Waals surface area contributed by atoms with Crippen molar-refractivity contribution in [1.82, 2.24) is 4.90 Å². The zero-order chi connectivity index (χ0) is 21.5. The van der Waals surface area contributed by atoms with Crippen molar-refractivity contribution < 1.29 is 19.4 Å². The highest BCUT2D eigenvalue weighted by Crippen LogP contribution is 2.34. The molecule has 0 unspecified atom stereocenters. The van der Waals surface area contributed by atoms with Crippen molar-refractivity contribution in [1.29, 1.82) is 0 Å². The average molecular weight is 418 g/mol. The molecule has 0 aliphatic carbocycles. The molecule has 1 N–H and O–H groups in total. The number of piperidine rings is 1. The fourth-order valence-electron chi connectivity index (χ4n) is 3.77. The van der Waals surface area contributed by atoms with Crippen LogP contribution < -0.4 is 4.74 Å². The smallest absolute Gasteiger partial charge is 0.410 e. The van der Waals surface area contributed by atoms with Gasteiger partial charge in [-0.3, -0.25) is 0 Å². The van der Waals surface area contributed by atoms with Crippen LogP contribution in [0.4, 0.5) is 4.79 Å². The van der Waals surface area contributed by atoms with Gasteiger partial charge in [0.2, 0.25) is 0 Å². The highest BCUT2D eigenvalue weighted by Gasteiger charge is 2.36. The summed E-state index contributed by atoms with van der Waals surface area (Å²) in [5, 5.41) is 11.2. The van der Waals surface area contributed by atoms with E-state index in [1.807, 2.05) is 84.9 Å². The second kappa shape index (κ2) is 9.67. The summed E-state index contributed by atoms with van der Waals surface area (Å²) in [5.41, 5.74) is 1.88. The van der Waals surface area contributed by atoms with Gasteiger partial charge < -0.3 is 19.5 Å². The van der Waals surface area contributed by atoms with Crippen LogP contribution in [-0.2, 0) is 23.6 Å². The number of likely N-dealkylation sites (tertiary alicyclic amines) is 1. The number of ether oxygens (including phenoxy) is 2. The maximum absolute atomic E-state index is 12.4. The maximum Gasteiger partial charge on any atom is 0.410 e. The number of nitrogens with zero attached hydrogens (tertiary/aromatic N) is 1. The van der Waals surface area contributed by atoms with Gasteiger partial charge in [0.15, 0.2) is 0 Å². The fourth-order valence-corrected chi connectivity index (χ4v) is 3.77. The van der Waals surface area contributed by atoms with Gasteiger partial charge in [0.1, 0.15) is 19.0 Å². The number of rotatable bonds is 6. The van der Waals surface area contributed by atoms with Crippen molar-refractivity contribution in [3.63, 3.8) is 0 Å². The number of amides is 1. The topological polar surface area (TPSA) is 59.0 Å². The van der Waals surface area contributed by atoms with E-state index in [0.717, 1.165) is 22.4 Å². The van der Waals surface area contributed by atoms with E-state index in [4.69, 9.17) is 9.47 Å². The van der Waals surface area contributed by atoms with Crippen LogP contribution >= 0.6 is 0 Å². The molecule has 31 heavy (non-hydrogen) atoms. The standard InChI is InChI=1S/C26H27NO4/c28-25(31-20-22-10-5-2-6-11-22)27-16-14-26(29,15-17-27)23-12-7-13-24(18-23)30-19-21-8-3-1-4-9-21/h1-13,18,29H,14-17,19-20H2. The van der Waals surface area contributed by atoms with Crippen LogP contribution in [0.15, 0.2) is 84.9 Å². The molecule has 0 spiro atoms. The van der Waals surface area contributed by atoms with Crippen molar-refractivity contribution in [2.75, 3.05) is 13.1 Å². The Balaban J connectivity index is 1.32. The summed E-state index contributed by atoms with van der Waals surface area (Å²) in [5.74, 6) is 0.722. The lowest BCUT2D eigenvalue weighted by Gasteiger charge is -2.38. The molecule has 1 aliphatic heterocycles. The molecule has 0 radical (unpaired) electrons. The van der Waals surface area contributed by atoms with E-state index in [1.165, 1.54) is 0 Å². The minimum atomic E-state index is -0.984. The molecule has 1 saturated heterocycles. The summed E-state index contributed by atoms with van der Waals surface area (Å²) < 4.78 is 11.3.